The average molecular weight is 529 g/mol. The summed E-state index contributed by atoms with van der Waals surface area (Å²) in [5.41, 5.74) is 4.73. The number of benzene rings is 2. The molecule has 9 heteroatoms. The van der Waals surface area contributed by atoms with Gasteiger partial charge in [-0.25, -0.2) is 4.98 Å². The topological polar surface area (TPSA) is 92.6 Å². The van der Waals surface area contributed by atoms with Gasteiger partial charge in [-0.1, -0.05) is 24.3 Å². The van der Waals surface area contributed by atoms with Crippen LogP contribution >= 0.6 is 0 Å². The van der Waals surface area contributed by atoms with Crippen LogP contribution in [0.15, 0.2) is 60.9 Å². The Labute approximate surface area is 229 Å². The van der Waals surface area contributed by atoms with E-state index in [2.05, 4.69) is 10.4 Å². The van der Waals surface area contributed by atoms with Crippen molar-refractivity contribution in [2.45, 2.75) is 26.4 Å². The van der Waals surface area contributed by atoms with E-state index in [4.69, 9.17) is 9.72 Å². The van der Waals surface area contributed by atoms with Crippen molar-refractivity contribution in [3.05, 3.63) is 77.6 Å². The highest BCUT2D eigenvalue weighted by Crippen LogP contribution is 2.29. The fourth-order valence-corrected chi connectivity index (χ4v) is 4.20. The third kappa shape index (κ3) is 6.80. The second kappa shape index (κ2) is 12.1. The van der Waals surface area contributed by atoms with Gasteiger partial charge in [0.05, 0.1) is 23.4 Å². The Bertz CT molecular complexity index is 1480. The van der Waals surface area contributed by atoms with E-state index in [0.29, 0.717) is 17.9 Å². The van der Waals surface area contributed by atoms with Crippen LogP contribution < -0.4 is 10.1 Å². The molecule has 0 aliphatic heterocycles. The minimum Gasteiger partial charge on any atom is -0.492 e. The first-order chi connectivity index (χ1) is 18.6. The van der Waals surface area contributed by atoms with Gasteiger partial charge >= 0.3 is 0 Å². The number of hydrogen-bond acceptors (Lipinski definition) is 6. The molecule has 39 heavy (non-hydrogen) atoms. The zero-order chi connectivity index (χ0) is 28.1. The maximum atomic E-state index is 13.4. The molecule has 0 fully saturated rings. The van der Waals surface area contributed by atoms with Crippen molar-refractivity contribution >= 4 is 22.7 Å². The van der Waals surface area contributed by atoms with E-state index in [1.54, 1.807) is 31.0 Å². The van der Waals surface area contributed by atoms with Crippen molar-refractivity contribution in [1.82, 2.24) is 29.9 Å². The summed E-state index contributed by atoms with van der Waals surface area (Å²) in [6.07, 6.45) is 3.52. The maximum Gasteiger partial charge on any atom is 0.252 e. The Kier molecular flexibility index (Phi) is 8.61. The molecule has 2 heterocycles. The molecule has 0 aliphatic rings. The zero-order valence-corrected chi connectivity index (χ0v) is 23.4. The number of ether oxygens (including phenoxy) is 1. The minimum atomic E-state index is -0.299. The molecule has 1 unspecified atom stereocenters. The highest BCUT2D eigenvalue weighted by atomic mass is 16.5. The Morgan fingerprint density at radius 2 is 1.85 bits per heavy atom. The number of carbonyl (C=O) groups excluding carboxylic acids is 2. The first kappa shape index (κ1) is 27.8. The molecule has 9 nitrogen and oxygen atoms in total. The standard InChI is InChI=1S/C30H36N6O3/c1-20-11-12-23(39-14-13-34(3)4)15-25(20)30(38)32-21(2)26-16-28(33-27-10-8-7-9-24(26)27)22-17-31-36(18-22)19-29(37)35(5)6/h7-12,15-18,21H,13-14,19H2,1-6H3,(H,32,38). The van der Waals surface area contributed by atoms with E-state index in [-0.39, 0.29) is 24.4 Å². The van der Waals surface area contributed by atoms with Gasteiger partial charge in [-0.05, 0) is 63.3 Å². The van der Waals surface area contributed by atoms with Gasteiger partial charge in [0.25, 0.3) is 5.91 Å². The molecule has 1 atom stereocenters. The number of para-hydroxylation sites is 1. The van der Waals surface area contributed by atoms with Crippen LogP contribution in [-0.2, 0) is 11.3 Å². The van der Waals surface area contributed by atoms with Crippen LogP contribution in [0, 0.1) is 6.92 Å². The normalized spacial score (nSPS) is 12.0. The van der Waals surface area contributed by atoms with Crippen molar-refractivity contribution in [3.63, 3.8) is 0 Å². The largest absolute Gasteiger partial charge is 0.492 e. The lowest BCUT2D eigenvalue weighted by Crippen LogP contribution is -2.27. The molecule has 2 amide bonds. The van der Waals surface area contributed by atoms with Crippen LogP contribution in [0.1, 0.15) is 34.5 Å². The van der Waals surface area contributed by atoms with Crippen LogP contribution in [0.4, 0.5) is 0 Å². The fraction of sp³-hybridized carbons (Fsp3) is 0.333. The van der Waals surface area contributed by atoms with Gasteiger partial charge in [0.15, 0.2) is 0 Å². The Morgan fingerprint density at radius 3 is 2.59 bits per heavy atom. The molecular weight excluding hydrogens is 492 g/mol. The molecule has 1 N–H and O–H groups in total. The summed E-state index contributed by atoms with van der Waals surface area (Å²) in [5, 5.41) is 8.48. The second-order valence-electron chi connectivity index (χ2n) is 10.2. The highest BCUT2D eigenvalue weighted by Gasteiger charge is 2.19. The molecule has 4 aromatic rings. The number of carbonyl (C=O) groups is 2. The third-order valence-electron chi connectivity index (χ3n) is 6.55. The first-order valence-corrected chi connectivity index (χ1v) is 12.9. The van der Waals surface area contributed by atoms with Gasteiger partial charge in [-0.15, -0.1) is 0 Å². The molecule has 4 rings (SSSR count). The molecular formula is C30H36N6O3. The zero-order valence-electron chi connectivity index (χ0n) is 23.4. The van der Waals surface area contributed by atoms with Gasteiger partial charge in [-0.2, -0.15) is 5.10 Å². The van der Waals surface area contributed by atoms with Gasteiger partial charge in [0.2, 0.25) is 5.91 Å². The first-order valence-electron chi connectivity index (χ1n) is 12.9. The molecule has 2 aromatic heterocycles. The van der Waals surface area contributed by atoms with Crippen molar-refractivity contribution in [2.24, 2.45) is 0 Å². The summed E-state index contributed by atoms with van der Waals surface area (Å²) in [4.78, 5) is 33.9. The molecule has 0 saturated carbocycles. The molecule has 204 valence electrons. The van der Waals surface area contributed by atoms with Gasteiger partial charge in [0, 0.05) is 43.4 Å². The summed E-state index contributed by atoms with van der Waals surface area (Å²) < 4.78 is 7.46. The SMILES string of the molecule is Cc1ccc(OCCN(C)C)cc1C(=O)NC(C)c1cc(-c2cnn(CC(=O)N(C)C)c2)nc2ccccc12. The van der Waals surface area contributed by atoms with Crippen LogP contribution in [0.25, 0.3) is 22.2 Å². The molecule has 2 aromatic carbocycles. The van der Waals surface area contributed by atoms with E-state index in [1.807, 2.05) is 81.5 Å². The molecule has 0 aliphatic carbocycles. The van der Waals surface area contributed by atoms with E-state index >= 15 is 0 Å². The second-order valence-corrected chi connectivity index (χ2v) is 10.2. The third-order valence-corrected chi connectivity index (χ3v) is 6.55. The Morgan fingerprint density at radius 1 is 1.08 bits per heavy atom. The highest BCUT2D eigenvalue weighted by molar-refractivity contribution is 5.97. The van der Waals surface area contributed by atoms with E-state index in [1.165, 1.54) is 4.90 Å². The Balaban J connectivity index is 1.59. The predicted octanol–water partition coefficient (Wildman–Crippen LogP) is 3.93. The van der Waals surface area contributed by atoms with E-state index in [0.717, 1.165) is 39.8 Å². The summed E-state index contributed by atoms with van der Waals surface area (Å²) in [5.74, 6) is 0.452. The Hall–Kier alpha value is -4.24. The summed E-state index contributed by atoms with van der Waals surface area (Å²) in [6.45, 7) is 5.36. The predicted molar refractivity (Wildman–Crippen MR) is 153 cm³/mol. The number of likely N-dealkylation sites (N-methyl/N-ethyl adjacent to an activating group) is 2. The van der Waals surface area contributed by atoms with Crippen molar-refractivity contribution in [3.8, 4) is 17.0 Å². The average Bonchev–Trinajstić information content (AvgIpc) is 3.37. The lowest BCUT2D eigenvalue weighted by molar-refractivity contribution is -0.129. The maximum absolute atomic E-state index is 13.4. The number of amides is 2. The van der Waals surface area contributed by atoms with Crippen molar-refractivity contribution in [1.29, 1.82) is 0 Å². The summed E-state index contributed by atoms with van der Waals surface area (Å²) in [6, 6.07) is 15.1. The van der Waals surface area contributed by atoms with Crippen LogP contribution in [0.2, 0.25) is 0 Å². The number of nitrogens with one attached hydrogen (secondary N) is 1. The fourth-order valence-electron chi connectivity index (χ4n) is 4.20. The minimum absolute atomic E-state index is 0.0457. The quantitative estimate of drug-likeness (QED) is 0.335. The van der Waals surface area contributed by atoms with Crippen molar-refractivity contribution < 1.29 is 14.3 Å². The van der Waals surface area contributed by atoms with Gasteiger partial charge in [0.1, 0.15) is 18.9 Å². The monoisotopic (exact) mass is 528 g/mol. The summed E-state index contributed by atoms with van der Waals surface area (Å²) in [7, 11) is 7.42. The van der Waals surface area contributed by atoms with Crippen molar-refractivity contribution in [2.75, 3.05) is 41.3 Å². The lowest BCUT2D eigenvalue weighted by Gasteiger charge is -2.19. The number of aromatic nitrogens is 3. The number of pyridine rings is 1. The molecule has 0 radical (unpaired) electrons. The van der Waals surface area contributed by atoms with Crippen LogP contribution in [0.5, 0.6) is 5.75 Å². The number of nitrogens with zero attached hydrogens (tertiary/aromatic N) is 5. The summed E-state index contributed by atoms with van der Waals surface area (Å²) >= 11 is 0. The van der Waals surface area contributed by atoms with Crippen LogP contribution in [-0.4, -0.2) is 77.7 Å². The molecule has 0 bridgehead atoms. The smallest absolute Gasteiger partial charge is 0.252 e. The van der Waals surface area contributed by atoms with E-state index < -0.39 is 0 Å². The van der Waals surface area contributed by atoms with Gasteiger partial charge in [-0.3, -0.25) is 14.3 Å². The number of rotatable bonds is 10. The number of aryl methyl sites for hydroxylation is 1. The molecule has 0 spiro atoms. The molecule has 0 saturated heterocycles. The van der Waals surface area contributed by atoms with Crippen LogP contribution in [0.3, 0.4) is 0 Å². The lowest BCUT2D eigenvalue weighted by atomic mass is 9.99. The van der Waals surface area contributed by atoms with Gasteiger partial charge < -0.3 is 19.9 Å². The number of fused-ring (bicyclic) bond motifs is 1. The number of hydrogen-bond donors (Lipinski definition) is 1. The van der Waals surface area contributed by atoms with E-state index in [9.17, 15) is 9.59 Å².